The molecule has 0 bridgehead atoms. The fraction of sp³-hybridized carbons (Fsp3) is 0.118. The molecule has 0 atom stereocenters. The normalized spacial score (nSPS) is 11.0. The standard InChI is InChI=1S/C17H14N6O2/c24-15(18-16-11-5-1-3-7-13(11)19-21-16)9-10-23-17(25)12-6-2-4-8-14(12)20-22-23/h1-8H,9-10H2,(H2,18,19,21,24). The van der Waals surface area contributed by atoms with Crippen molar-refractivity contribution >= 4 is 33.5 Å². The van der Waals surface area contributed by atoms with Gasteiger partial charge in [0.15, 0.2) is 5.82 Å². The van der Waals surface area contributed by atoms with Crippen LogP contribution in [0.3, 0.4) is 0 Å². The minimum atomic E-state index is -0.261. The first-order chi connectivity index (χ1) is 12.2. The molecule has 2 N–H and O–H groups in total. The van der Waals surface area contributed by atoms with Gasteiger partial charge in [0, 0.05) is 11.8 Å². The van der Waals surface area contributed by atoms with E-state index in [0.717, 1.165) is 10.9 Å². The van der Waals surface area contributed by atoms with E-state index < -0.39 is 0 Å². The highest BCUT2D eigenvalue weighted by molar-refractivity contribution is 5.99. The van der Waals surface area contributed by atoms with Crippen LogP contribution in [0.25, 0.3) is 21.8 Å². The summed E-state index contributed by atoms with van der Waals surface area (Å²) in [6.07, 6.45) is 0.0914. The van der Waals surface area contributed by atoms with Crippen LogP contribution < -0.4 is 10.9 Å². The van der Waals surface area contributed by atoms with Crippen LogP contribution in [0.15, 0.2) is 53.3 Å². The van der Waals surface area contributed by atoms with Gasteiger partial charge < -0.3 is 5.32 Å². The number of aromatic nitrogens is 5. The summed E-state index contributed by atoms with van der Waals surface area (Å²) < 4.78 is 1.20. The Balaban J connectivity index is 1.49. The molecule has 0 unspecified atom stereocenters. The van der Waals surface area contributed by atoms with Crippen molar-refractivity contribution in [2.75, 3.05) is 5.32 Å². The van der Waals surface area contributed by atoms with Crippen molar-refractivity contribution in [3.63, 3.8) is 0 Å². The van der Waals surface area contributed by atoms with Crippen LogP contribution in [0.5, 0.6) is 0 Å². The lowest BCUT2D eigenvalue weighted by Crippen LogP contribution is -2.26. The van der Waals surface area contributed by atoms with Crippen molar-refractivity contribution in [2.24, 2.45) is 0 Å². The number of aromatic amines is 1. The lowest BCUT2D eigenvalue weighted by atomic mass is 10.2. The van der Waals surface area contributed by atoms with E-state index in [-0.39, 0.29) is 24.4 Å². The first-order valence-corrected chi connectivity index (χ1v) is 7.78. The number of carbonyl (C=O) groups is 1. The first-order valence-electron chi connectivity index (χ1n) is 7.78. The molecule has 8 heteroatoms. The summed E-state index contributed by atoms with van der Waals surface area (Å²) in [6, 6.07) is 14.5. The summed E-state index contributed by atoms with van der Waals surface area (Å²) in [6.45, 7) is 0.144. The van der Waals surface area contributed by atoms with Crippen LogP contribution in [0.1, 0.15) is 6.42 Å². The zero-order chi connectivity index (χ0) is 17.2. The Labute approximate surface area is 141 Å². The van der Waals surface area contributed by atoms with Gasteiger partial charge >= 0.3 is 0 Å². The zero-order valence-electron chi connectivity index (χ0n) is 13.1. The Morgan fingerprint density at radius 1 is 1.08 bits per heavy atom. The highest BCUT2D eigenvalue weighted by Crippen LogP contribution is 2.19. The van der Waals surface area contributed by atoms with Gasteiger partial charge in [-0.05, 0) is 24.3 Å². The number of nitrogens with one attached hydrogen (secondary N) is 2. The summed E-state index contributed by atoms with van der Waals surface area (Å²) in [5.41, 5.74) is 1.12. The number of H-pyrrole nitrogens is 1. The van der Waals surface area contributed by atoms with E-state index in [1.54, 1.807) is 24.3 Å². The maximum atomic E-state index is 12.3. The Morgan fingerprint density at radius 3 is 2.72 bits per heavy atom. The minimum Gasteiger partial charge on any atom is -0.309 e. The van der Waals surface area contributed by atoms with Crippen molar-refractivity contribution < 1.29 is 4.79 Å². The molecule has 0 radical (unpaired) electrons. The molecule has 8 nitrogen and oxygen atoms in total. The molecule has 4 aromatic rings. The second-order valence-electron chi connectivity index (χ2n) is 5.55. The van der Waals surface area contributed by atoms with Crippen molar-refractivity contribution in [2.45, 2.75) is 13.0 Å². The summed E-state index contributed by atoms with van der Waals surface area (Å²) in [5.74, 6) is 0.219. The van der Waals surface area contributed by atoms with E-state index in [9.17, 15) is 9.59 Å². The molecule has 0 spiro atoms. The van der Waals surface area contributed by atoms with Gasteiger partial charge in [-0.3, -0.25) is 14.7 Å². The predicted octanol–water partition coefficient (Wildman–Crippen LogP) is 1.70. The Hall–Kier alpha value is -3.55. The number of nitrogens with zero attached hydrogens (tertiary/aromatic N) is 4. The predicted molar refractivity (Wildman–Crippen MR) is 93.1 cm³/mol. The van der Waals surface area contributed by atoms with Gasteiger partial charge in [-0.15, -0.1) is 5.10 Å². The number of benzene rings is 2. The average molecular weight is 334 g/mol. The van der Waals surface area contributed by atoms with Crippen molar-refractivity contribution in [1.29, 1.82) is 0 Å². The number of aryl methyl sites for hydroxylation is 1. The SMILES string of the molecule is O=C(CCn1nnc2ccccc2c1=O)Nc1n[nH]c2ccccc12. The average Bonchev–Trinajstić information content (AvgIpc) is 3.04. The van der Waals surface area contributed by atoms with Gasteiger partial charge in [-0.1, -0.05) is 29.5 Å². The van der Waals surface area contributed by atoms with E-state index in [0.29, 0.717) is 16.7 Å². The minimum absolute atomic E-state index is 0.0914. The summed E-state index contributed by atoms with van der Waals surface area (Å²) in [4.78, 5) is 24.5. The summed E-state index contributed by atoms with van der Waals surface area (Å²) >= 11 is 0. The Morgan fingerprint density at radius 2 is 1.84 bits per heavy atom. The molecular formula is C17H14N6O2. The molecule has 0 fully saturated rings. The molecule has 25 heavy (non-hydrogen) atoms. The molecule has 0 aliphatic carbocycles. The largest absolute Gasteiger partial charge is 0.309 e. The maximum absolute atomic E-state index is 12.3. The highest BCUT2D eigenvalue weighted by atomic mass is 16.2. The molecule has 2 aromatic carbocycles. The number of para-hydroxylation sites is 1. The molecule has 4 rings (SSSR count). The van der Waals surface area contributed by atoms with Crippen molar-refractivity contribution in [1.82, 2.24) is 25.2 Å². The lowest BCUT2D eigenvalue weighted by molar-refractivity contribution is -0.116. The van der Waals surface area contributed by atoms with Gasteiger partial charge in [-0.25, -0.2) is 4.68 Å². The number of fused-ring (bicyclic) bond motifs is 2. The third kappa shape index (κ3) is 2.85. The third-order valence-corrected chi connectivity index (χ3v) is 3.91. The number of hydrogen-bond acceptors (Lipinski definition) is 5. The van der Waals surface area contributed by atoms with Gasteiger partial charge in [0.05, 0.1) is 17.4 Å². The molecule has 2 heterocycles. The molecule has 0 aliphatic heterocycles. The van der Waals surface area contributed by atoms with Crippen LogP contribution in [0.2, 0.25) is 0 Å². The van der Waals surface area contributed by atoms with Crippen LogP contribution in [0.4, 0.5) is 5.82 Å². The second kappa shape index (κ2) is 6.16. The van der Waals surface area contributed by atoms with Crippen LogP contribution >= 0.6 is 0 Å². The monoisotopic (exact) mass is 334 g/mol. The summed E-state index contributed by atoms with van der Waals surface area (Å²) in [7, 11) is 0. The molecule has 2 aromatic heterocycles. The van der Waals surface area contributed by atoms with E-state index >= 15 is 0 Å². The topological polar surface area (TPSA) is 106 Å². The highest BCUT2D eigenvalue weighted by Gasteiger charge is 2.11. The van der Waals surface area contributed by atoms with Crippen LogP contribution in [-0.2, 0) is 11.3 Å². The van der Waals surface area contributed by atoms with E-state index in [4.69, 9.17) is 0 Å². The van der Waals surface area contributed by atoms with Gasteiger partial charge in [-0.2, -0.15) is 5.10 Å². The van der Waals surface area contributed by atoms with Gasteiger partial charge in [0.2, 0.25) is 5.91 Å². The number of amides is 1. The maximum Gasteiger partial charge on any atom is 0.277 e. The molecule has 0 saturated carbocycles. The van der Waals surface area contributed by atoms with Gasteiger partial charge in [0.1, 0.15) is 5.52 Å². The molecule has 0 aliphatic rings. The number of carbonyl (C=O) groups excluding carboxylic acids is 1. The van der Waals surface area contributed by atoms with Crippen LogP contribution in [-0.4, -0.2) is 31.1 Å². The third-order valence-electron chi connectivity index (χ3n) is 3.91. The lowest BCUT2D eigenvalue weighted by Gasteiger charge is -2.05. The molecular weight excluding hydrogens is 320 g/mol. The van der Waals surface area contributed by atoms with E-state index in [2.05, 4.69) is 25.8 Å². The Kier molecular flexibility index (Phi) is 3.70. The number of hydrogen-bond donors (Lipinski definition) is 2. The fourth-order valence-electron chi connectivity index (χ4n) is 2.63. The summed E-state index contributed by atoms with van der Waals surface area (Å²) in [5, 5.41) is 18.9. The van der Waals surface area contributed by atoms with Crippen LogP contribution in [0, 0.1) is 0 Å². The fourth-order valence-corrected chi connectivity index (χ4v) is 2.63. The van der Waals surface area contributed by atoms with Crippen molar-refractivity contribution in [3.05, 3.63) is 58.9 Å². The quantitative estimate of drug-likeness (QED) is 0.591. The van der Waals surface area contributed by atoms with E-state index in [1.807, 2.05) is 24.3 Å². The molecule has 124 valence electrons. The first kappa shape index (κ1) is 15.0. The number of rotatable bonds is 4. The molecule has 1 amide bonds. The van der Waals surface area contributed by atoms with Crippen molar-refractivity contribution in [3.8, 4) is 0 Å². The molecule has 0 saturated heterocycles. The Bertz CT molecular complexity index is 1130. The zero-order valence-corrected chi connectivity index (χ0v) is 13.1. The second-order valence-corrected chi connectivity index (χ2v) is 5.55. The number of anilines is 1. The van der Waals surface area contributed by atoms with Gasteiger partial charge in [0.25, 0.3) is 5.56 Å². The smallest absolute Gasteiger partial charge is 0.277 e. The van der Waals surface area contributed by atoms with E-state index in [1.165, 1.54) is 4.68 Å².